The maximum absolute atomic E-state index is 15.2. The highest BCUT2D eigenvalue weighted by atomic mass is 35.5. The van der Waals surface area contributed by atoms with E-state index in [1.54, 1.807) is 45.0 Å². The molecule has 0 spiro atoms. The van der Waals surface area contributed by atoms with Gasteiger partial charge in [-0.25, -0.2) is 17.6 Å². The molecule has 2 aromatic carbocycles. The molecule has 1 N–H and O–H groups in total. The molecule has 8 nitrogen and oxygen atoms in total. The number of benzene rings is 2. The Balaban J connectivity index is 2.15. The quantitative estimate of drug-likeness (QED) is 0.491. The molecule has 2 aromatic rings. The van der Waals surface area contributed by atoms with Crippen LogP contribution in [-0.2, 0) is 25.9 Å². The van der Waals surface area contributed by atoms with Crippen molar-refractivity contribution < 1.29 is 31.9 Å². The lowest BCUT2D eigenvalue weighted by Crippen LogP contribution is -2.51. The van der Waals surface area contributed by atoms with Gasteiger partial charge in [0, 0.05) is 11.4 Å². The summed E-state index contributed by atoms with van der Waals surface area (Å²) in [4.78, 5) is 39.9. The van der Waals surface area contributed by atoms with Crippen LogP contribution < -0.4 is 10.2 Å². The average Bonchev–Trinajstić information content (AvgIpc) is 2.81. The highest BCUT2D eigenvalue weighted by Gasteiger charge is 2.40. The second kappa shape index (κ2) is 10.6. The highest BCUT2D eigenvalue weighted by Crippen LogP contribution is 2.35. The average molecular weight is 567 g/mol. The first-order chi connectivity index (χ1) is 17.4. The number of amides is 2. The van der Waals surface area contributed by atoms with E-state index in [4.69, 9.17) is 16.3 Å². The molecule has 3 rings (SSSR count). The zero-order valence-electron chi connectivity index (χ0n) is 22.2. The number of hydrogen-bond donors (Lipinski definition) is 1. The second-order valence-electron chi connectivity index (χ2n) is 11.5. The van der Waals surface area contributed by atoms with Crippen molar-refractivity contribution in [1.82, 2.24) is 5.32 Å². The number of carbonyl (C=O) groups excluding carboxylic acids is 3. The molecule has 2 amide bonds. The summed E-state index contributed by atoms with van der Waals surface area (Å²) in [5.41, 5.74) is -1.22. The number of rotatable bonds is 5. The molecular formula is C27H32ClFN2O6S. The van der Waals surface area contributed by atoms with Crippen LogP contribution in [0, 0.1) is 11.2 Å². The summed E-state index contributed by atoms with van der Waals surface area (Å²) < 4.78 is 47.2. The van der Waals surface area contributed by atoms with Crippen molar-refractivity contribution in [1.29, 1.82) is 0 Å². The van der Waals surface area contributed by atoms with E-state index in [1.165, 1.54) is 0 Å². The Hall–Kier alpha value is -2.98. The van der Waals surface area contributed by atoms with Crippen molar-refractivity contribution in [3.05, 3.63) is 58.4 Å². The number of halogens is 2. The molecule has 1 aliphatic heterocycles. The molecule has 0 aliphatic carbocycles. The summed E-state index contributed by atoms with van der Waals surface area (Å²) in [5.74, 6) is -3.10. The Labute approximate surface area is 227 Å². The van der Waals surface area contributed by atoms with Crippen LogP contribution in [0.5, 0.6) is 0 Å². The Morgan fingerprint density at radius 1 is 1.11 bits per heavy atom. The number of alkyl carbamates (subject to hydrolysis) is 1. The summed E-state index contributed by atoms with van der Waals surface area (Å²) in [6.45, 7) is 10.2. The topological polar surface area (TPSA) is 110 Å². The Bertz CT molecular complexity index is 1360. The number of nitrogens with zero attached hydrogens (tertiary/aromatic N) is 1. The first-order valence-corrected chi connectivity index (χ1v) is 14.0. The smallest absolute Gasteiger partial charge is 0.408 e. The fourth-order valence-corrected chi connectivity index (χ4v) is 5.71. The van der Waals surface area contributed by atoms with Gasteiger partial charge in [-0.3, -0.25) is 9.59 Å². The van der Waals surface area contributed by atoms with Gasteiger partial charge >= 0.3 is 6.09 Å². The van der Waals surface area contributed by atoms with E-state index < -0.39 is 61.1 Å². The molecule has 0 saturated heterocycles. The van der Waals surface area contributed by atoms with Gasteiger partial charge < -0.3 is 15.0 Å². The predicted octanol–water partition coefficient (Wildman–Crippen LogP) is 5.31. The summed E-state index contributed by atoms with van der Waals surface area (Å²) in [7, 11) is -4.29. The zero-order valence-corrected chi connectivity index (χ0v) is 23.8. The molecule has 0 saturated carbocycles. The largest absolute Gasteiger partial charge is 0.444 e. The van der Waals surface area contributed by atoms with Crippen molar-refractivity contribution in [3.8, 4) is 0 Å². The van der Waals surface area contributed by atoms with E-state index in [2.05, 4.69) is 5.32 Å². The van der Waals surface area contributed by atoms with Crippen LogP contribution in [0.2, 0.25) is 5.02 Å². The van der Waals surface area contributed by atoms with Crippen LogP contribution in [0.4, 0.5) is 14.9 Å². The third kappa shape index (κ3) is 7.32. The van der Waals surface area contributed by atoms with E-state index in [0.717, 1.165) is 17.0 Å². The Morgan fingerprint density at radius 3 is 2.26 bits per heavy atom. The summed E-state index contributed by atoms with van der Waals surface area (Å²) >= 11 is 5.99. The van der Waals surface area contributed by atoms with Crippen LogP contribution in [0.15, 0.2) is 41.3 Å². The molecule has 0 unspecified atom stereocenters. The number of nitrogens with one attached hydrogen (secondary N) is 1. The fourth-order valence-electron chi connectivity index (χ4n) is 3.97. The van der Waals surface area contributed by atoms with Gasteiger partial charge in [0.05, 0.1) is 28.4 Å². The third-order valence-electron chi connectivity index (χ3n) is 5.56. The third-order valence-corrected chi connectivity index (χ3v) is 7.58. The van der Waals surface area contributed by atoms with Gasteiger partial charge in [-0.2, -0.15) is 0 Å². The van der Waals surface area contributed by atoms with Gasteiger partial charge in [0.2, 0.25) is 0 Å². The van der Waals surface area contributed by atoms with Crippen LogP contribution >= 0.6 is 11.6 Å². The van der Waals surface area contributed by atoms with Crippen molar-refractivity contribution in [3.63, 3.8) is 0 Å². The summed E-state index contributed by atoms with van der Waals surface area (Å²) in [6, 6.07) is 6.89. The summed E-state index contributed by atoms with van der Waals surface area (Å²) in [5, 5.41) is 2.81. The van der Waals surface area contributed by atoms with Gasteiger partial charge in [-0.15, -0.1) is 0 Å². The highest BCUT2D eigenvalue weighted by molar-refractivity contribution is 7.91. The van der Waals surface area contributed by atoms with E-state index in [-0.39, 0.29) is 24.2 Å². The number of fused-ring (bicyclic) bond motifs is 1. The number of ketones is 1. The van der Waals surface area contributed by atoms with Gasteiger partial charge in [0.1, 0.15) is 17.5 Å². The normalized spacial score (nSPS) is 17.4. The molecule has 0 radical (unpaired) electrons. The Morgan fingerprint density at radius 2 is 1.71 bits per heavy atom. The van der Waals surface area contributed by atoms with Crippen molar-refractivity contribution >= 4 is 44.9 Å². The number of carbonyl (C=O) groups is 3. The van der Waals surface area contributed by atoms with Gasteiger partial charge in [0.15, 0.2) is 15.6 Å². The lowest BCUT2D eigenvalue weighted by Gasteiger charge is -2.27. The minimum absolute atomic E-state index is 0.00338. The van der Waals surface area contributed by atoms with Gasteiger partial charge in [-0.1, -0.05) is 44.5 Å². The number of ether oxygens (including phenoxy) is 1. The minimum atomic E-state index is -4.29. The molecular weight excluding hydrogens is 535 g/mol. The fraction of sp³-hybridized carbons (Fsp3) is 0.444. The predicted molar refractivity (Wildman–Crippen MR) is 143 cm³/mol. The number of anilines is 1. The number of Topliss-reactive ketones (excluding diaryl/α,β-unsaturated/α-hetero) is 1. The van der Waals surface area contributed by atoms with Crippen molar-refractivity contribution in [2.45, 2.75) is 71.0 Å². The maximum atomic E-state index is 15.2. The van der Waals surface area contributed by atoms with Crippen molar-refractivity contribution in [2.24, 2.45) is 5.41 Å². The lowest BCUT2D eigenvalue weighted by atomic mass is 9.87. The van der Waals surface area contributed by atoms with Crippen molar-refractivity contribution in [2.75, 3.05) is 10.7 Å². The molecule has 38 heavy (non-hydrogen) atoms. The van der Waals surface area contributed by atoms with E-state index in [9.17, 15) is 22.8 Å². The number of sulfone groups is 1. The molecule has 11 heteroatoms. The molecule has 206 valence electrons. The van der Waals surface area contributed by atoms with Crippen LogP contribution in [-0.4, -0.2) is 43.6 Å². The second-order valence-corrected chi connectivity index (χ2v) is 13.9. The lowest BCUT2D eigenvalue weighted by molar-refractivity contribution is -0.120. The van der Waals surface area contributed by atoms with Gasteiger partial charge in [-0.05, 0) is 56.0 Å². The SMILES string of the molecule is CC(C)(C)CC(=O)c1cc2c(cc1F)S(=O)(=O)C[C@H](NC(=O)OC(C)(C)C)C(=O)N2Cc1ccc(Cl)cc1. The van der Waals surface area contributed by atoms with Crippen LogP contribution in [0.25, 0.3) is 0 Å². The molecule has 1 atom stereocenters. The molecule has 1 heterocycles. The first kappa shape index (κ1) is 29.6. The molecule has 0 aromatic heterocycles. The standard InChI is InChI=1S/C27H32ClFN2O6S/c1-26(2,3)13-22(32)18-11-21-23(12-19(18)29)38(35,36)15-20(30-25(34)37-27(4,5)6)24(33)31(21)14-16-7-9-17(28)10-8-16/h7-12,20H,13-15H2,1-6H3,(H,30,34)/t20-/m0/s1. The summed E-state index contributed by atoms with van der Waals surface area (Å²) in [6.07, 6.45) is -0.973. The minimum Gasteiger partial charge on any atom is -0.444 e. The molecule has 0 bridgehead atoms. The van der Waals surface area contributed by atoms with E-state index in [1.807, 2.05) is 20.8 Å². The van der Waals surface area contributed by atoms with Gasteiger partial charge in [0.25, 0.3) is 5.91 Å². The first-order valence-electron chi connectivity index (χ1n) is 12.0. The molecule has 1 aliphatic rings. The van der Waals surface area contributed by atoms with Crippen LogP contribution in [0.1, 0.15) is 63.9 Å². The maximum Gasteiger partial charge on any atom is 0.408 e. The van der Waals surface area contributed by atoms with E-state index in [0.29, 0.717) is 10.6 Å². The van der Waals surface area contributed by atoms with Crippen LogP contribution in [0.3, 0.4) is 0 Å². The monoisotopic (exact) mass is 566 g/mol. The molecule has 0 fully saturated rings. The Kier molecular flexibility index (Phi) is 8.29. The number of hydrogen-bond acceptors (Lipinski definition) is 6. The van der Waals surface area contributed by atoms with E-state index >= 15 is 4.39 Å². The zero-order chi connectivity index (χ0) is 28.6.